The first-order chi connectivity index (χ1) is 9.69. The van der Waals surface area contributed by atoms with E-state index in [-0.39, 0.29) is 0 Å². The van der Waals surface area contributed by atoms with Crippen LogP contribution in [0.25, 0.3) is 10.6 Å². The Morgan fingerprint density at radius 1 is 1.35 bits per heavy atom. The summed E-state index contributed by atoms with van der Waals surface area (Å²) in [5.74, 6) is -0.127. The van der Waals surface area contributed by atoms with Crippen LogP contribution in [0.5, 0.6) is 0 Å². The summed E-state index contributed by atoms with van der Waals surface area (Å²) in [4.78, 5) is 16.2. The lowest BCUT2D eigenvalue weighted by Crippen LogP contribution is -1.98. The predicted octanol–water partition coefficient (Wildman–Crippen LogP) is 4.34. The molecule has 0 radical (unpaired) electrons. The number of rotatable bonds is 5. The molecular weight excluding hydrogens is 270 g/mol. The van der Waals surface area contributed by atoms with Gasteiger partial charge in [-0.15, -0.1) is 11.3 Å². The van der Waals surface area contributed by atoms with Crippen LogP contribution in [-0.2, 0) is 6.42 Å². The van der Waals surface area contributed by atoms with Crippen molar-refractivity contribution in [2.24, 2.45) is 0 Å². The van der Waals surface area contributed by atoms with Crippen LogP contribution >= 0.6 is 11.3 Å². The molecular formula is C16H17NO2S. The molecule has 20 heavy (non-hydrogen) atoms. The number of hydrogen-bond acceptors (Lipinski definition) is 3. The van der Waals surface area contributed by atoms with E-state index in [9.17, 15) is 9.90 Å². The van der Waals surface area contributed by atoms with E-state index in [1.54, 1.807) is 0 Å². The Bertz CT molecular complexity index is 626. The van der Waals surface area contributed by atoms with Crippen LogP contribution in [0, 0.1) is 0 Å². The lowest BCUT2D eigenvalue weighted by Gasteiger charge is -1.99. The third kappa shape index (κ3) is 2.61. The molecule has 1 heterocycles. The second-order valence-electron chi connectivity index (χ2n) is 5.25. The van der Waals surface area contributed by atoms with Crippen LogP contribution in [0.15, 0.2) is 24.3 Å². The number of nitrogens with zero attached hydrogens (tertiary/aromatic N) is 1. The van der Waals surface area contributed by atoms with Gasteiger partial charge in [0.1, 0.15) is 9.88 Å². The Balaban J connectivity index is 1.92. The number of carboxylic acid groups (broad SMARTS) is 1. The maximum absolute atomic E-state index is 11.3. The predicted molar refractivity (Wildman–Crippen MR) is 80.5 cm³/mol. The lowest BCUT2D eigenvalue weighted by molar-refractivity contribution is 0.0700. The van der Waals surface area contributed by atoms with Crippen molar-refractivity contribution in [3.8, 4) is 10.6 Å². The molecule has 1 aromatic heterocycles. The average Bonchev–Trinajstić information content (AvgIpc) is 3.20. The van der Waals surface area contributed by atoms with Crippen molar-refractivity contribution < 1.29 is 9.90 Å². The van der Waals surface area contributed by atoms with Gasteiger partial charge in [-0.25, -0.2) is 9.78 Å². The van der Waals surface area contributed by atoms with Crippen molar-refractivity contribution >= 4 is 17.3 Å². The fourth-order valence-corrected chi connectivity index (χ4v) is 3.32. The zero-order valence-electron chi connectivity index (χ0n) is 11.4. The number of hydrogen-bond donors (Lipinski definition) is 1. The Labute approximate surface area is 122 Å². The van der Waals surface area contributed by atoms with Gasteiger partial charge in [-0.1, -0.05) is 37.6 Å². The molecule has 0 aliphatic heterocycles. The van der Waals surface area contributed by atoms with Crippen molar-refractivity contribution in [2.75, 3.05) is 0 Å². The Hall–Kier alpha value is -1.68. The van der Waals surface area contributed by atoms with Gasteiger partial charge in [0.05, 0.1) is 5.69 Å². The minimum Gasteiger partial charge on any atom is -0.477 e. The monoisotopic (exact) mass is 287 g/mol. The van der Waals surface area contributed by atoms with Gasteiger partial charge < -0.3 is 5.11 Å². The van der Waals surface area contributed by atoms with E-state index in [1.165, 1.54) is 29.7 Å². The smallest absolute Gasteiger partial charge is 0.347 e. The van der Waals surface area contributed by atoms with Crippen molar-refractivity contribution in [1.82, 2.24) is 4.98 Å². The summed E-state index contributed by atoms with van der Waals surface area (Å²) < 4.78 is 0. The molecule has 3 nitrogen and oxygen atoms in total. The van der Waals surface area contributed by atoms with Crippen molar-refractivity contribution in [1.29, 1.82) is 0 Å². The molecule has 0 spiro atoms. The SMILES string of the molecule is CCCc1nc(-c2ccc(C3CC3)cc2)sc1C(=O)O. The molecule has 0 unspecified atom stereocenters. The number of aromatic carboxylic acids is 1. The highest BCUT2D eigenvalue weighted by atomic mass is 32.1. The lowest BCUT2D eigenvalue weighted by atomic mass is 10.1. The minimum absolute atomic E-state index is 0.383. The van der Waals surface area contributed by atoms with Gasteiger partial charge in [-0.05, 0) is 30.7 Å². The van der Waals surface area contributed by atoms with Crippen LogP contribution in [0.3, 0.4) is 0 Å². The van der Waals surface area contributed by atoms with E-state index < -0.39 is 5.97 Å². The highest BCUT2D eigenvalue weighted by molar-refractivity contribution is 7.17. The fraction of sp³-hybridized carbons (Fsp3) is 0.375. The molecule has 3 rings (SSSR count). The molecule has 1 aliphatic carbocycles. The first-order valence-electron chi connectivity index (χ1n) is 7.02. The van der Waals surface area contributed by atoms with Crippen molar-refractivity contribution in [3.05, 3.63) is 40.4 Å². The normalized spacial score (nSPS) is 14.4. The number of aromatic nitrogens is 1. The molecule has 0 amide bonds. The van der Waals surface area contributed by atoms with Crippen LogP contribution < -0.4 is 0 Å². The van der Waals surface area contributed by atoms with Crippen LogP contribution in [0.2, 0.25) is 0 Å². The van der Waals surface area contributed by atoms with E-state index >= 15 is 0 Å². The second-order valence-corrected chi connectivity index (χ2v) is 6.25. The van der Waals surface area contributed by atoms with Gasteiger partial charge in [0, 0.05) is 5.56 Å². The zero-order chi connectivity index (χ0) is 14.1. The summed E-state index contributed by atoms with van der Waals surface area (Å²) in [5, 5.41) is 10.1. The van der Waals surface area contributed by atoms with Crippen LogP contribution in [0.1, 0.15) is 53.0 Å². The number of carboxylic acids is 1. The molecule has 4 heteroatoms. The van der Waals surface area contributed by atoms with Crippen molar-refractivity contribution in [2.45, 2.75) is 38.5 Å². The van der Waals surface area contributed by atoms with E-state index in [0.717, 1.165) is 29.3 Å². The summed E-state index contributed by atoms with van der Waals surface area (Å²) in [7, 11) is 0. The third-order valence-corrected chi connectivity index (χ3v) is 4.72. The molecule has 0 saturated heterocycles. The summed E-state index contributed by atoms with van der Waals surface area (Å²) in [6.07, 6.45) is 4.21. The third-order valence-electron chi connectivity index (χ3n) is 3.58. The summed E-state index contributed by atoms with van der Waals surface area (Å²) >= 11 is 1.28. The molecule has 0 atom stereocenters. The van der Waals surface area contributed by atoms with E-state index in [4.69, 9.17) is 0 Å². The maximum atomic E-state index is 11.3. The number of benzene rings is 1. The average molecular weight is 287 g/mol. The van der Waals surface area contributed by atoms with Gasteiger partial charge in [-0.2, -0.15) is 0 Å². The Morgan fingerprint density at radius 3 is 2.60 bits per heavy atom. The van der Waals surface area contributed by atoms with Crippen molar-refractivity contribution in [3.63, 3.8) is 0 Å². The van der Waals surface area contributed by atoms with Gasteiger partial charge in [0.25, 0.3) is 0 Å². The Kier molecular flexibility index (Phi) is 3.57. The fourth-order valence-electron chi connectivity index (χ4n) is 2.36. The minimum atomic E-state index is -0.869. The van der Waals surface area contributed by atoms with Gasteiger partial charge in [0.15, 0.2) is 0 Å². The summed E-state index contributed by atoms with van der Waals surface area (Å²) in [6, 6.07) is 8.42. The van der Waals surface area contributed by atoms with Gasteiger partial charge in [-0.3, -0.25) is 0 Å². The Morgan fingerprint density at radius 2 is 2.05 bits per heavy atom. The molecule has 104 valence electrons. The second kappa shape index (κ2) is 5.37. The molecule has 1 aliphatic rings. The number of aryl methyl sites for hydroxylation is 1. The largest absolute Gasteiger partial charge is 0.477 e. The molecule has 1 aromatic carbocycles. The van der Waals surface area contributed by atoms with Gasteiger partial charge >= 0.3 is 5.97 Å². The van der Waals surface area contributed by atoms with E-state index in [0.29, 0.717) is 10.6 Å². The number of thiazole rings is 1. The van der Waals surface area contributed by atoms with Gasteiger partial charge in [0.2, 0.25) is 0 Å². The summed E-state index contributed by atoms with van der Waals surface area (Å²) in [5.41, 5.74) is 3.12. The van der Waals surface area contributed by atoms with Crippen LogP contribution in [0.4, 0.5) is 0 Å². The van der Waals surface area contributed by atoms with E-state index in [1.807, 2.05) is 6.92 Å². The standard InChI is InChI=1S/C16H17NO2S/c1-2-3-13-14(16(18)19)20-15(17-13)12-8-6-11(7-9-12)10-4-5-10/h6-10H,2-5H2,1H3,(H,18,19). The molecule has 1 saturated carbocycles. The first kappa shape index (κ1) is 13.3. The summed E-state index contributed by atoms with van der Waals surface area (Å²) in [6.45, 7) is 2.04. The highest BCUT2D eigenvalue weighted by Crippen LogP contribution is 2.40. The molecule has 2 aromatic rings. The topological polar surface area (TPSA) is 50.2 Å². The number of carbonyl (C=O) groups is 1. The highest BCUT2D eigenvalue weighted by Gasteiger charge is 2.23. The van der Waals surface area contributed by atoms with Crippen LogP contribution in [-0.4, -0.2) is 16.1 Å². The zero-order valence-corrected chi connectivity index (χ0v) is 12.2. The molecule has 0 bridgehead atoms. The maximum Gasteiger partial charge on any atom is 0.347 e. The first-order valence-corrected chi connectivity index (χ1v) is 7.84. The molecule has 1 N–H and O–H groups in total. The molecule has 1 fully saturated rings. The van der Waals surface area contributed by atoms with E-state index in [2.05, 4.69) is 29.2 Å². The quantitative estimate of drug-likeness (QED) is 0.890.